The lowest BCUT2D eigenvalue weighted by molar-refractivity contribution is 0.122. The fourth-order valence-electron chi connectivity index (χ4n) is 3.09. The van der Waals surface area contributed by atoms with Crippen LogP contribution in [0.25, 0.3) is 10.9 Å². The molecular weight excluding hydrogens is 292 g/mol. The van der Waals surface area contributed by atoms with Crippen molar-refractivity contribution >= 4 is 16.7 Å². The maximum atomic E-state index is 9.53. The number of aromatic nitrogens is 2. The number of aliphatic hydroxyl groups excluding tert-OH is 1. The molecule has 0 radical (unpaired) electrons. The third-order valence-electron chi connectivity index (χ3n) is 4.19. The molecule has 1 aromatic carbocycles. The summed E-state index contributed by atoms with van der Waals surface area (Å²) >= 11 is 0. The largest absolute Gasteiger partial charge is 0.497 e. The summed E-state index contributed by atoms with van der Waals surface area (Å²) in [4.78, 5) is 13.8. The average Bonchev–Trinajstić information content (AvgIpc) is 2.54. The first-order valence-corrected chi connectivity index (χ1v) is 8.04. The van der Waals surface area contributed by atoms with Crippen LogP contribution in [0.1, 0.15) is 12.7 Å². The fourth-order valence-corrected chi connectivity index (χ4v) is 3.09. The van der Waals surface area contributed by atoms with Gasteiger partial charge in [-0.2, -0.15) is 0 Å². The van der Waals surface area contributed by atoms with Gasteiger partial charge in [-0.1, -0.05) is 0 Å². The smallest absolute Gasteiger partial charge is 0.140 e. The number of methoxy groups -OCH3 is 1. The van der Waals surface area contributed by atoms with Crippen molar-refractivity contribution in [1.29, 1.82) is 0 Å². The molecule has 2 heterocycles. The lowest BCUT2D eigenvalue weighted by atomic mass is 10.2. The normalized spacial score (nSPS) is 17.5. The van der Waals surface area contributed by atoms with Crippen molar-refractivity contribution < 1.29 is 9.84 Å². The van der Waals surface area contributed by atoms with Crippen LogP contribution in [-0.4, -0.2) is 65.9 Å². The van der Waals surface area contributed by atoms with Crippen LogP contribution < -0.4 is 9.64 Å². The first-order chi connectivity index (χ1) is 11.1. The predicted octanol–water partition coefficient (Wildman–Crippen LogP) is 1.45. The maximum Gasteiger partial charge on any atom is 0.140 e. The summed E-state index contributed by atoms with van der Waals surface area (Å²) in [6.45, 7) is 8.14. The highest BCUT2D eigenvalue weighted by atomic mass is 16.5. The molecule has 0 saturated carbocycles. The van der Waals surface area contributed by atoms with Gasteiger partial charge in [0, 0.05) is 38.1 Å². The van der Waals surface area contributed by atoms with Gasteiger partial charge in [0.25, 0.3) is 0 Å². The number of anilines is 1. The highest BCUT2D eigenvalue weighted by Crippen LogP contribution is 2.28. The molecule has 1 saturated heterocycles. The zero-order valence-corrected chi connectivity index (χ0v) is 14.0. The topological polar surface area (TPSA) is 61.7 Å². The number of piperazine rings is 1. The SMILES string of the molecule is COc1ccc2nc(C)nc(N3CCN(C[C@@H](C)O)CC3)c2c1. The van der Waals surface area contributed by atoms with Gasteiger partial charge in [-0.05, 0) is 32.0 Å². The van der Waals surface area contributed by atoms with E-state index in [9.17, 15) is 5.11 Å². The van der Waals surface area contributed by atoms with Crippen LogP contribution in [0.5, 0.6) is 5.75 Å². The third kappa shape index (κ3) is 3.54. The third-order valence-corrected chi connectivity index (χ3v) is 4.19. The molecule has 1 atom stereocenters. The van der Waals surface area contributed by atoms with Crippen LogP contribution in [0.3, 0.4) is 0 Å². The molecule has 1 aliphatic rings. The number of benzene rings is 1. The first kappa shape index (κ1) is 16.0. The zero-order valence-electron chi connectivity index (χ0n) is 14.0. The highest BCUT2D eigenvalue weighted by Gasteiger charge is 2.21. The first-order valence-electron chi connectivity index (χ1n) is 8.04. The zero-order chi connectivity index (χ0) is 16.4. The molecule has 1 aliphatic heterocycles. The minimum atomic E-state index is -0.284. The van der Waals surface area contributed by atoms with Gasteiger partial charge in [-0.15, -0.1) is 0 Å². The summed E-state index contributed by atoms with van der Waals surface area (Å²) in [6.07, 6.45) is -0.284. The predicted molar refractivity (Wildman–Crippen MR) is 91.2 cm³/mol. The molecule has 6 nitrogen and oxygen atoms in total. The van der Waals surface area contributed by atoms with E-state index in [1.165, 1.54) is 0 Å². The van der Waals surface area contributed by atoms with E-state index < -0.39 is 0 Å². The molecule has 1 aromatic heterocycles. The van der Waals surface area contributed by atoms with Gasteiger partial charge in [-0.3, -0.25) is 4.90 Å². The molecule has 0 unspecified atom stereocenters. The number of aryl methyl sites for hydroxylation is 1. The summed E-state index contributed by atoms with van der Waals surface area (Å²) in [6, 6.07) is 5.92. The Kier molecular flexibility index (Phi) is 4.63. The van der Waals surface area contributed by atoms with Gasteiger partial charge < -0.3 is 14.7 Å². The van der Waals surface area contributed by atoms with Gasteiger partial charge in [0.15, 0.2) is 0 Å². The molecule has 0 spiro atoms. The second-order valence-electron chi connectivity index (χ2n) is 6.11. The molecule has 6 heteroatoms. The van der Waals surface area contributed by atoms with E-state index in [-0.39, 0.29) is 6.10 Å². The van der Waals surface area contributed by atoms with E-state index in [4.69, 9.17) is 4.74 Å². The van der Waals surface area contributed by atoms with Gasteiger partial charge in [-0.25, -0.2) is 9.97 Å². The lowest BCUT2D eigenvalue weighted by Crippen LogP contribution is -2.48. The second kappa shape index (κ2) is 6.68. The number of rotatable bonds is 4. The monoisotopic (exact) mass is 316 g/mol. The summed E-state index contributed by atoms with van der Waals surface area (Å²) in [5, 5.41) is 10.6. The Hall–Kier alpha value is -1.92. The number of nitrogens with zero attached hydrogens (tertiary/aromatic N) is 4. The van der Waals surface area contributed by atoms with Crippen molar-refractivity contribution in [2.24, 2.45) is 0 Å². The number of hydrogen-bond acceptors (Lipinski definition) is 6. The van der Waals surface area contributed by atoms with Gasteiger partial charge >= 0.3 is 0 Å². The summed E-state index contributed by atoms with van der Waals surface area (Å²) in [5.74, 6) is 2.58. The van der Waals surface area contributed by atoms with Crippen LogP contribution in [-0.2, 0) is 0 Å². The molecule has 124 valence electrons. The number of aliphatic hydroxyl groups is 1. The minimum absolute atomic E-state index is 0.284. The Labute approximate surface area is 136 Å². The summed E-state index contributed by atoms with van der Waals surface area (Å²) in [7, 11) is 1.67. The second-order valence-corrected chi connectivity index (χ2v) is 6.11. The molecule has 0 aliphatic carbocycles. The Morgan fingerprint density at radius 2 is 1.96 bits per heavy atom. The van der Waals surface area contributed by atoms with Crippen molar-refractivity contribution in [3.63, 3.8) is 0 Å². The molecule has 23 heavy (non-hydrogen) atoms. The molecule has 3 rings (SSSR count). The van der Waals surface area contributed by atoms with Crippen LogP contribution in [0.2, 0.25) is 0 Å². The van der Waals surface area contributed by atoms with Crippen LogP contribution >= 0.6 is 0 Å². The van der Waals surface area contributed by atoms with E-state index in [2.05, 4.69) is 19.8 Å². The average molecular weight is 316 g/mol. The maximum absolute atomic E-state index is 9.53. The molecule has 0 bridgehead atoms. The van der Waals surface area contributed by atoms with Crippen molar-refractivity contribution in [3.8, 4) is 5.75 Å². The Morgan fingerprint density at radius 3 is 2.61 bits per heavy atom. The molecule has 2 aromatic rings. The van der Waals surface area contributed by atoms with Gasteiger partial charge in [0.2, 0.25) is 0 Å². The fraction of sp³-hybridized carbons (Fsp3) is 0.529. The Bertz CT molecular complexity index is 682. The van der Waals surface area contributed by atoms with Crippen molar-refractivity contribution in [1.82, 2.24) is 14.9 Å². The number of β-amino-alcohol motifs (C(OH)–C–C–N with tert-alkyl or cyclic N) is 1. The Balaban J connectivity index is 1.87. The van der Waals surface area contributed by atoms with Crippen molar-refractivity contribution in [2.75, 3.05) is 44.7 Å². The van der Waals surface area contributed by atoms with Crippen molar-refractivity contribution in [3.05, 3.63) is 24.0 Å². The van der Waals surface area contributed by atoms with Gasteiger partial charge in [0.05, 0.1) is 18.7 Å². The highest BCUT2D eigenvalue weighted by molar-refractivity contribution is 5.90. The van der Waals surface area contributed by atoms with Crippen LogP contribution in [0.4, 0.5) is 5.82 Å². The van der Waals surface area contributed by atoms with Crippen LogP contribution in [0, 0.1) is 6.92 Å². The molecule has 1 N–H and O–H groups in total. The van der Waals surface area contributed by atoms with Crippen LogP contribution in [0.15, 0.2) is 18.2 Å². The van der Waals surface area contributed by atoms with Crippen molar-refractivity contribution in [2.45, 2.75) is 20.0 Å². The molecular formula is C17H24N4O2. The van der Waals surface area contributed by atoms with Gasteiger partial charge in [0.1, 0.15) is 17.4 Å². The van der Waals surface area contributed by atoms with E-state index in [1.807, 2.05) is 32.0 Å². The lowest BCUT2D eigenvalue weighted by Gasteiger charge is -2.36. The number of hydrogen-bond donors (Lipinski definition) is 1. The quantitative estimate of drug-likeness (QED) is 0.921. The van der Waals surface area contributed by atoms with E-state index in [0.29, 0.717) is 0 Å². The number of ether oxygens (including phenoxy) is 1. The van der Waals surface area contributed by atoms with E-state index >= 15 is 0 Å². The summed E-state index contributed by atoms with van der Waals surface area (Å²) in [5.41, 5.74) is 0.944. The Morgan fingerprint density at radius 1 is 1.22 bits per heavy atom. The molecule has 0 amide bonds. The molecule has 1 fully saturated rings. The summed E-state index contributed by atoms with van der Waals surface area (Å²) < 4.78 is 5.35. The standard InChI is InChI=1S/C17H24N4O2/c1-12(22)11-20-6-8-21(9-7-20)17-15-10-14(23-3)4-5-16(15)18-13(2)19-17/h4-5,10,12,22H,6-9,11H2,1-3H3/t12-/m1/s1. The minimum Gasteiger partial charge on any atom is -0.497 e. The van der Waals surface area contributed by atoms with E-state index in [0.717, 1.165) is 61.0 Å². The van der Waals surface area contributed by atoms with E-state index in [1.54, 1.807) is 7.11 Å². The number of fused-ring (bicyclic) bond motifs is 1.